The number of carbonyl (C=O) groups is 1. The number of hydrogen-bond donors (Lipinski definition) is 1. The van der Waals surface area contributed by atoms with Crippen LogP contribution < -0.4 is 10.9 Å². The molecule has 2 aromatic heterocycles. The molecule has 4 heterocycles. The molecule has 5 aromatic rings. The van der Waals surface area contributed by atoms with Gasteiger partial charge >= 0.3 is 0 Å². The van der Waals surface area contributed by atoms with Crippen LogP contribution in [0.1, 0.15) is 28.4 Å². The number of fused-ring (bicyclic) bond motifs is 5. The monoisotopic (exact) mass is 547 g/mol. The van der Waals surface area contributed by atoms with Gasteiger partial charge in [0.05, 0.1) is 0 Å². The topological polar surface area (TPSA) is 80.1 Å². The molecule has 0 spiro atoms. The summed E-state index contributed by atoms with van der Waals surface area (Å²) in [6, 6.07) is 28.5. The summed E-state index contributed by atoms with van der Waals surface area (Å²) in [4.78, 5) is 27.8. The van der Waals surface area contributed by atoms with Crippen molar-refractivity contribution in [2.24, 2.45) is 5.92 Å². The van der Waals surface area contributed by atoms with E-state index in [2.05, 4.69) is 15.5 Å². The van der Waals surface area contributed by atoms with Crippen LogP contribution in [0, 0.1) is 5.92 Å². The van der Waals surface area contributed by atoms with E-state index in [1.165, 1.54) is 0 Å². The van der Waals surface area contributed by atoms with Gasteiger partial charge in [0.1, 0.15) is 5.69 Å². The molecule has 1 amide bonds. The summed E-state index contributed by atoms with van der Waals surface area (Å²) in [5.74, 6) is 1.14. The number of piperidine rings is 1. The summed E-state index contributed by atoms with van der Waals surface area (Å²) in [6.45, 7) is 1.95. The highest BCUT2D eigenvalue weighted by Gasteiger charge is 2.36. The van der Waals surface area contributed by atoms with Crippen molar-refractivity contribution in [3.8, 4) is 11.3 Å². The average Bonchev–Trinajstić information content (AvgIpc) is 2.98. The minimum atomic E-state index is 0.0185. The van der Waals surface area contributed by atoms with E-state index in [4.69, 9.17) is 11.6 Å². The summed E-state index contributed by atoms with van der Waals surface area (Å²) in [7, 11) is 0. The van der Waals surface area contributed by atoms with Crippen molar-refractivity contribution in [3.63, 3.8) is 0 Å². The van der Waals surface area contributed by atoms with Crippen molar-refractivity contribution >= 4 is 39.8 Å². The summed E-state index contributed by atoms with van der Waals surface area (Å²) < 4.78 is 1.89. The van der Waals surface area contributed by atoms with Gasteiger partial charge in [0.15, 0.2) is 5.82 Å². The van der Waals surface area contributed by atoms with Gasteiger partial charge in [-0.25, -0.2) is 0 Å². The first-order valence-electron chi connectivity index (χ1n) is 13.4. The molecule has 2 atom stereocenters. The smallest absolute Gasteiger partial charge is 0.253 e. The molecule has 1 saturated heterocycles. The normalized spacial score (nSPS) is 17.9. The molecule has 1 fully saturated rings. The number of amides is 1. The Hall–Kier alpha value is -4.49. The number of hydrogen-bond acceptors (Lipinski definition) is 5. The first-order chi connectivity index (χ1) is 19.5. The molecule has 1 N–H and O–H groups in total. The molecule has 40 heavy (non-hydrogen) atoms. The van der Waals surface area contributed by atoms with Crippen molar-refractivity contribution in [1.82, 2.24) is 19.7 Å². The number of carbonyl (C=O) groups excluding carboxylic acids is 1. The van der Waals surface area contributed by atoms with Gasteiger partial charge in [-0.3, -0.25) is 9.59 Å². The lowest BCUT2D eigenvalue weighted by Crippen LogP contribution is -2.49. The Kier molecular flexibility index (Phi) is 6.09. The lowest BCUT2D eigenvalue weighted by Gasteiger charge is -2.42. The maximum absolute atomic E-state index is 13.5. The van der Waals surface area contributed by atoms with Crippen LogP contribution in [0.15, 0.2) is 95.8 Å². The third-order valence-corrected chi connectivity index (χ3v) is 8.18. The van der Waals surface area contributed by atoms with E-state index in [1.807, 2.05) is 94.4 Å². The average molecular weight is 548 g/mol. The first-order valence-corrected chi connectivity index (χ1v) is 13.8. The highest BCUT2D eigenvalue weighted by atomic mass is 35.5. The summed E-state index contributed by atoms with van der Waals surface area (Å²) in [5.41, 5.74) is 4.20. The number of likely N-dealkylation sites (tertiary alicyclic amines) is 1. The molecule has 0 unspecified atom stereocenters. The second kappa shape index (κ2) is 9.92. The number of nitrogens with one attached hydrogen (secondary N) is 1. The number of nitrogens with zero attached hydrogens (tertiary/aromatic N) is 4. The van der Waals surface area contributed by atoms with Gasteiger partial charge in [-0.1, -0.05) is 60.1 Å². The minimum absolute atomic E-state index is 0.0185. The fourth-order valence-electron chi connectivity index (χ4n) is 6.13. The molecule has 2 bridgehead atoms. The molecule has 8 heteroatoms. The zero-order valence-corrected chi connectivity index (χ0v) is 22.4. The molecule has 7 nitrogen and oxygen atoms in total. The molecular formula is C32H26ClN5O2. The van der Waals surface area contributed by atoms with Crippen LogP contribution in [0.25, 0.3) is 22.0 Å². The third kappa shape index (κ3) is 4.42. The van der Waals surface area contributed by atoms with Crippen molar-refractivity contribution in [2.45, 2.75) is 18.9 Å². The van der Waals surface area contributed by atoms with E-state index in [-0.39, 0.29) is 23.3 Å². The Morgan fingerprint density at radius 1 is 0.850 bits per heavy atom. The molecule has 198 valence electrons. The number of rotatable bonds is 4. The van der Waals surface area contributed by atoms with Crippen LogP contribution in [0.3, 0.4) is 0 Å². The number of pyridine rings is 1. The molecule has 2 aliphatic rings. The highest BCUT2D eigenvalue weighted by molar-refractivity contribution is 6.30. The van der Waals surface area contributed by atoms with Gasteiger partial charge in [-0.15, -0.1) is 10.2 Å². The van der Waals surface area contributed by atoms with Crippen LogP contribution in [0.5, 0.6) is 0 Å². The van der Waals surface area contributed by atoms with E-state index in [9.17, 15) is 9.59 Å². The van der Waals surface area contributed by atoms with Crippen LogP contribution in [-0.2, 0) is 6.54 Å². The second-order valence-corrected chi connectivity index (χ2v) is 11.0. The van der Waals surface area contributed by atoms with E-state index in [1.54, 1.807) is 6.07 Å². The predicted octanol–water partition coefficient (Wildman–Crippen LogP) is 6.12. The van der Waals surface area contributed by atoms with Crippen molar-refractivity contribution in [2.75, 3.05) is 18.4 Å². The molecule has 7 rings (SSSR count). The maximum Gasteiger partial charge on any atom is 0.253 e. The Balaban J connectivity index is 1.14. The van der Waals surface area contributed by atoms with Gasteiger partial charge in [-0.05, 0) is 48.7 Å². The fourth-order valence-corrected chi connectivity index (χ4v) is 6.32. The summed E-state index contributed by atoms with van der Waals surface area (Å²) in [5, 5.41) is 14.9. The Morgan fingerprint density at radius 3 is 2.48 bits per heavy atom. The van der Waals surface area contributed by atoms with E-state index in [0.717, 1.165) is 39.8 Å². The van der Waals surface area contributed by atoms with Gasteiger partial charge in [-0.2, -0.15) is 0 Å². The zero-order chi connectivity index (χ0) is 27.2. The molecular weight excluding hydrogens is 522 g/mol. The van der Waals surface area contributed by atoms with Gasteiger partial charge in [0, 0.05) is 69.9 Å². The number of halogens is 1. The second-order valence-electron chi connectivity index (χ2n) is 10.6. The van der Waals surface area contributed by atoms with Crippen molar-refractivity contribution < 1.29 is 4.79 Å². The molecule has 3 aromatic carbocycles. The standard InChI is InChI=1S/C32H26ClN5O2/c33-24-5-3-6-25(16-24)34-31-27-8-2-1-7-26(27)30(35-36-31)21-11-13-22(14-12-21)32(40)37-17-20-15-23(19-37)28-9-4-10-29(39)38(28)18-20/h1-14,16,20,23H,15,17-19H2,(H,34,36)/t20-,23-/m1/s1. The lowest BCUT2D eigenvalue weighted by atomic mass is 9.83. The van der Waals surface area contributed by atoms with Crippen LogP contribution in [0.2, 0.25) is 5.02 Å². The Morgan fingerprint density at radius 2 is 1.65 bits per heavy atom. The van der Waals surface area contributed by atoms with Gasteiger partial charge in [0.2, 0.25) is 0 Å². The zero-order valence-electron chi connectivity index (χ0n) is 21.6. The van der Waals surface area contributed by atoms with Crippen molar-refractivity contribution in [1.29, 1.82) is 0 Å². The Bertz CT molecular complexity index is 1820. The largest absolute Gasteiger partial charge is 0.338 e. The van der Waals surface area contributed by atoms with Crippen molar-refractivity contribution in [3.05, 3.63) is 118 Å². The van der Waals surface area contributed by atoms with E-state index >= 15 is 0 Å². The van der Waals surface area contributed by atoms with Crippen LogP contribution >= 0.6 is 11.6 Å². The predicted molar refractivity (Wildman–Crippen MR) is 157 cm³/mol. The minimum Gasteiger partial charge on any atom is -0.338 e. The summed E-state index contributed by atoms with van der Waals surface area (Å²) in [6.07, 6.45) is 1.01. The summed E-state index contributed by atoms with van der Waals surface area (Å²) >= 11 is 6.15. The molecule has 2 aliphatic heterocycles. The van der Waals surface area contributed by atoms with Crippen LogP contribution in [0.4, 0.5) is 11.5 Å². The molecule has 0 aliphatic carbocycles. The van der Waals surface area contributed by atoms with Crippen LogP contribution in [-0.4, -0.2) is 38.7 Å². The van der Waals surface area contributed by atoms with Gasteiger partial charge < -0.3 is 14.8 Å². The first kappa shape index (κ1) is 24.5. The van der Waals surface area contributed by atoms with Gasteiger partial charge in [0.25, 0.3) is 11.5 Å². The SMILES string of the molecule is O=C(c1ccc(-c2nnc(Nc3cccc(Cl)c3)c3ccccc23)cc1)N1C[C@H]2C[C@H](C1)c1cccc(=O)n1C2. The Labute approximate surface area is 236 Å². The van der Waals surface area contributed by atoms with E-state index < -0.39 is 0 Å². The fraction of sp³-hybridized carbons (Fsp3) is 0.188. The number of anilines is 2. The third-order valence-electron chi connectivity index (χ3n) is 7.95. The molecule has 0 radical (unpaired) electrons. The number of benzene rings is 3. The quantitative estimate of drug-likeness (QED) is 0.293. The highest BCUT2D eigenvalue weighted by Crippen LogP contribution is 2.36. The lowest BCUT2D eigenvalue weighted by molar-refractivity contribution is 0.0594. The molecule has 0 saturated carbocycles. The van der Waals surface area contributed by atoms with E-state index in [0.29, 0.717) is 36.0 Å². The number of aromatic nitrogens is 3. The maximum atomic E-state index is 13.5.